The van der Waals surface area contributed by atoms with Crippen LogP contribution < -0.4 is 4.74 Å². The summed E-state index contributed by atoms with van der Waals surface area (Å²) in [5, 5.41) is -0.160. The minimum atomic E-state index is -0.160. The molecule has 20 heavy (non-hydrogen) atoms. The van der Waals surface area contributed by atoms with Gasteiger partial charge in [0.25, 0.3) is 0 Å². The van der Waals surface area contributed by atoms with E-state index >= 15 is 0 Å². The summed E-state index contributed by atoms with van der Waals surface area (Å²) in [7, 11) is 1.52. The number of rotatable bonds is 5. The van der Waals surface area contributed by atoms with Crippen molar-refractivity contribution in [2.24, 2.45) is 0 Å². The fourth-order valence-electron chi connectivity index (χ4n) is 1.73. The Bertz CT molecular complexity index is 608. The van der Waals surface area contributed by atoms with Gasteiger partial charge in [-0.25, -0.2) is 0 Å². The Kier molecular flexibility index (Phi) is 4.96. The van der Waals surface area contributed by atoms with E-state index in [0.717, 1.165) is 11.8 Å². The van der Waals surface area contributed by atoms with Crippen molar-refractivity contribution in [3.05, 3.63) is 65.7 Å². The Morgan fingerprint density at radius 1 is 1.00 bits per heavy atom. The molecule has 0 fully saturated rings. The first kappa shape index (κ1) is 14.3. The lowest BCUT2D eigenvalue weighted by molar-refractivity contribution is 0.101. The van der Waals surface area contributed by atoms with Gasteiger partial charge in [-0.3, -0.25) is 9.59 Å². The smallest absolute Gasteiger partial charge is 0.223 e. The highest BCUT2D eigenvalue weighted by Gasteiger charge is 2.14. The standard InChI is InChI=1S/C16H14O3S/c1-19-15-10-6-5-9-13(15)16(18)20-11-14(17)12-7-3-2-4-8-12/h2-10H,11H2,1H3. The van der Waals surface area contributed by atoms with Crippen LogP contribution in [0.3, 0.4) is 0 Å². The van der Waals surface area contributed by atoms with Crippen LogP contribution in [0.2, 0.25) is 0 Å². The number of Topliss-reactive ketones (excluding diaryl/α,β-unsaturated/α-hetero) is 1. The lowest BCUT2D eigenvalue weighted by atomic mass is 10.2. The average Bonchev–Trinajstić information content (AvgIpc) is 2.53. The summed E-state index contributed by atoms with van der Waals surface area (Å²) in [5.41, 5.74) is 1.11. The number of carbonyl (C=O) groups excluding carboxylic acids is 2. The van der Waals surface area contributed by atoms with E-state index in [2.05, 4.69) is 0 Å². The summed E-state index contributed by atoms with van der Waals surface area (Å²) in [5.74, 6) is 0.594. The maximum absolute atomic E-state index is 12.1. The molecule has 2 aromatic rings. The molecule has 2 rings (SSSR count). The zero-order chi connectivity index (χ0) is 14.4. The zero-order valence-electron chi connectivity index (χ0n) is 11.0. The molecule has 0 aromatic heterocycles. The molecule has 0 bridgehead atoms. The van der Waals surface area contributed by atoms with Crippen molar-refractivity contribution in [1.82, 2.24) is 0 Å². The van der Waals surface area contributed by atoms with E-state index in [0.29, 0.717) is 16.9 Å². The van der Waals surface area contributed by atoms with Gasteiger partial charge in [-0.1, -0.05) is 54.2 Å². The molecule has 0 heterocycles. The molecule has 0 unspecified atom stereocenters. The van der Waals surface area contributed by atoms with Crippen molar-refractivity contribution in [3.8, 4) is 5.75 Å². The lowest BCUT2D eigenvalue weighted by Gasteiger charge is -2.06. The average molecular weight is 286 g/mol. The maximum Gasteiger partial charge on any atom is 0.223 e. The Labute approximate surface area is 122 Å². The van der Waals surface area contributed by atoms with Crippen molar-refractivity contribution < 1.29 is 14.3 Å². The third-order valence-electron chi connectivity index (χ3n) is 2.76. The zero-order valence-corrected chi connectivity index (χ0v) is 11.9. The van der Waals surface area contributed by atoms with Crippen LogP contribution in [0, 0.1) is 0 Å². The first-order valence-corrected chi connectivity index (χ1v) is 7.09. The lowest BCUT2D eigenvalue weighted by Crippen LogP contribution is -2.06. The summed E-state index contributed by atoms with van der Waals surface area (Å²) in [4.78, 5) is 24.0. The minimum absolute atomic E-state index is 0.0566. The summed E-state index contributed by atoms with van der Waals surface area (Å²) >= 11 is 0.994. The van der Waals surface area contributed by atoms with Gasteiger partial charge in [0.15, 0.2) is 5.78 Å². The maximum atomic E-state index is 12.1. The molecule has 0 aliphatic heterocycles. The number of ketones is 1. The molecule has 0 radical (unpaired) electrons. The third kappa shape index (κ3) is 3.48. The highest BCUT2D eigenvalue weighted by Crippen LogP contribution is 2.23. The largest absolute Gasteiger partial charge is 0.496 e. The molecule has 0 N–H and O–H groups in total. The number of hydrogen-bond donors (Lipinski definition) is 0. The second-order valence-electron chi connectivity index (χ2n) is 4.07. The van der Waals surface area contributed by atoms with Crippen LogP contribution in [0.5, 0.6) is 5.75 Å². The van der Waals surface area contributed by atoms with Gasteiger partial charge in [0.05, 0.1) is 18.4 Å². The van der Waals surface area contributed by atoms with Crippen LogP contribution in [0.1, 0.15) is 20.7 Å². The predicted molar refractivity (Wildman–Crippen MR) is 80.6 cm³/mol. The van der Waals surface area contributed by atoms with Gasteiger partial charge < -0.3 is 4.74 Å². The highest BCUT2D eigenvalue weighted by atomic mass is 32.2. The SMILES string of the molecule is COc1ccccc1C(=O)SCC(=O)c1ccccc1. The third-order valence-corrected chi connectivity index (χ3v) is 3.65. The molecule has 2 aromatic carbocycles. The number of benzene rings is 2. The number of carbonyl (C=O) groups is 2. The number of thioether (sulfide) groups is 1. The quantitative estimate of drug-likeness (QED) is 0.790. The van der Waals surface area contributed by atoms with Crippen LogP contribution in [0.15, 0.2) is 54.6 Å². The molecule has 0 aliphatic carbocycles. The monoisotopic (exact) mass is 286 g/mol. The van der Waals surface area contributed by atoms with Crippen molar-refractivity contribution in [3.63, 3.8) is 0 Å². The van der Waals surface area contributed by atoms with E-state index in [4.69, 9.17) is 4.74 Å². The fraction of sp³-hybridized carbons (Fsp3) is 0.125. The normalized spacial score (nSPS) is 10.1. The van der Waals surface area contributed by atoms with E-state index < -0.39 is 0 Å². The summed E-state index contributed by atoms with van der Waals surface area (Å²) in [6.07, 6.45) is 0. The van der Waals surface area contributed by atoms with E-state index in [1.165, 1.54) is 7.11 Å². The molecular weight excluding hydrogens is 272 g/mol. The first-order valence-electron chi connectivity index (χ1n) is 6.11. The molecule has 3 nitrogen and oxygen atoms in total. The molecular formula is C16H14O3S. The number of methoxy groups -OCH3 is 1. The number of para-hydroxylation sites is 1. The molecule has 0 saturated carbocycles. The minimum Gasteiger partial charge on any atom is -0.496 e. The van der Waals surface area contributed by atoms with Crippen LogP contribution in [0.25, 0.3) is 0 Å². The predicted octanol–water partition coefficient (Wildman–Crippen LogP) is 3.45. The number of hydrogen-bond acceptors (Lipinski definition) is 4. The Morgan fingerprint density at radius 2 is 1.65 bits per heavy atom. The molecule has 0 aliphatic rings. The molecule has 4 heteroatoms. The van der Waals surface area contributed by atoms with E-state index in [1.807, 2.05) is 6.07 Å². The summed E-state index contributed by atoms with van der Waals surface area (Å²) < 4.78 is 5.14. The van der Waals surface area contributed by atoms with E-state index in [9.17, 15) is 9.59 Å². The van der Waals surface area contributed by atoms with E-state index in [-0.39, 0.29) is 16.7 Å². The molecule has 0 spiro atoms. The Hall–Kier alpha value is -2.07. The topological polar surface area (TPSA) is 43.4 Å². The van der Waals surface area contributed by atoms with Crippen LogP contribution in [-0.2, 0) is 0 Å². The summed E-state index contributed by atoms with van der Waals surface area (Å²) in [6, 6.07) is 16.0. The van der Waals surface area contributed by atoms with Gasteiger partial charge in [0.2, 0.25) is 5.12 Å². The van der Waals surface area contributed by atoms with E-state index in [1.54, 1.807) is 48.5 Å². The summed E-state index contributed by atoms with van der Waals surface area (Å²) in [6.45, 7) is 0. The van der Waals surface area contributed by atoms with Crippen molar-refractivity contribution in [1.29, 1.82) is 0 Å². The van der Waals surface area contributed by atoms with Gasteiger partial charge in [0.1, 0.15) is 5.75 Å². The highest BCUT2D eigenvalue weighted by molar-refractivity contribution is 8.14. The van der Waals surface area contributed by atoms with Gasteiger partial charge in [-0.05, 0) is 12.1 Å². The van der Waals surface area contributed by atoms with Crippen LogP contribution in [-0.4, -0.2) is 23.8 Å². The Morgan fingerprint density at radius 3 is 2.35 bits per heavy atom. The second-order valence-corrected chi connectivity index (χ2v) is 5.01. The molecule has 102 valence electrons. The molecule has 0 atom stereocenters. The van der Waals surface area contributed by atoms with Gasteiger partial charge in [0, 0.05) is 5.56 Å². The second kappa shape index (κ2) is 6.91. The molecule has 0 saturated heterocycles. The Balaban J connectivity index is 2.01. The first-order chi connectivity index (χ1) is 9.72. The van der Waals surface area contributed by atoms with Crippen molar-refractivity contribution in [2.45, 2.75) is 0 Å². The van der Waals surface area contributed by atoms with Gasteiger partial charge in [-0.15, -0.1) is 0 Å². The molecule has 0 amide bonds. The van der Waals surface area contributed by atoms with Gasteiger partial charge in [-0.2, -0.15) is 0 Å². The van der Waals surface area contributed by atoms with Crippen LogP contribution in [0.4, 0.5) is 0 Å². The van der Waals surface area contributed by atoms with Gasteiger partial charge >= 0.3 is 0 Å². The fourth-order valence-corrected chi connectivity index (χ4v) is 2.48. The van der Waals surface area contributed by atoms with Crippen molar-refractivity contribution >= 4 is 22.7 Å². The van der Waals surface area contributed by atoms with Crippen LogP contribution >= 0.6 is 11.8 Å². The number of ether oxygens (including phenoxy) is 1. The van der Waals surface area contributed by atoms with Crippen molar-refractivity contribution in [2.75, 3.05) is 12.9 Å².